The normalized spacial score (nSPS) is 18.5. The van der Waals surface area contributed by atoms with Crippen molar-refractivity contribution in [3.63, 3.8) is 0 Å². The molecule has 3 nitrogen and oxygen atoms in total. The summed E-state index contributed by atoms with van der Waals surface area (Å²) >= 11 is 0. The van der Waals surface area contributed by atoms with Crippen LogP contribution in [-0.2, 0) is 4.74 Å². The molecule has 0 aliphatic carbocycles. The van der Waals surface area contributed by atoms with Gasteiger partial charge in [0, 0.05) is 17.5 Å². The number of aromatic hydroxyl groups is 1. The first-order valence-corrected chi connectivity index (χ1v) is 12.2. The maximum absolute atomic E-state index is 10.6. The molecule has 1 aromatic carbocycles. The number of unbranched alkanes of at least 4 members (excludes halogenated alkanes) is 9. The fourth-order valence-corrected chi connectivity index (χ4v) is 4.44. The van der Waals surface area contributed by atoms with E-state index in [0.29, 0.717) is 5.75 Å². The first-order chi connectivity index (χ1) is 14.0. The molecule has 0 fully saturated rings. The van der Waals surface area contributed by atoms with E-state index in [1.165, 1.54) is 64.2 Å². The minimum absolute atomic E-state index is 0.0377. The lowest BCUT2D eigenvalue weighted by Crippen LogP contribution is -2.30. The molecule has 0 saturated carbocycles. The molecule has 2 rings (SSSR count). The van der Waals surface area contributed by atoms with Gasteiger partial charge in [0.25, 0.3) is 0 Å². The first-order valence-electron chi connectivity index (χ1n) is 12.2. The van der Waals surface area contributed by atoms with E-state index in [4.69, 9.17) is 9.47 Å². The Hall–Kier alpha value is -1.22. The third-order valence-corrected chi connectivity index (χ3v) is 6.51. The maximum Gasteiger partial charge on any atom is 0.200 e. The van der Waals surface area contributed by atoms with Gasteiger partial charge in [-0.05, 0) is 44.7 Å². The number of hydrogen-bond acceptors (Lipinski definition) is 3. The van der Waals surface area contributed by atoms with Gasteiger partial charge in [0.1, 0.15) is 11.5 Å². The molecule has 1 heterocycles. The summed E-state index contributed by atoms with van der Waals surface area (Å²) in [7, 11) is 0. The summed E-state index contributed by atoms with van der Waals surface area (Å²) in [5.41, 5.74) is 4.01. The first kappa shape index (κ1) is 24.1. The van der Waals surface area contributed by atoms with Crippen LogP contribution in [0.15, 0.2) is 0 Å². The van der Waals surface area contributed by atoms with Gasteiger partial charge < -0.3 is 14.6 Å². The highest BCUT2D eigenvalue weighted by molar-refractivity contribution is 5.58. The molecular weight excluding hydrogens is 360 g/mol. The molecule has 0 spiro atoms. The van der Waals surface area contributed by atoms with Crippen molar-refractivity contribution in [2.75, 3.05) is 0 Å². The van der Waals surface area contributed by atoms with Crippen molar-refractivity contribution in [3.05, 3.63) is 22.3 Å². The monoisotopic (exact) mass is 404 g/mol. The SMILES string of the molecule is CCCCCCCC[C@@H]1Oc2c(C)c(C)c(O)c(C)c2[C@@H](CCCCCCC)O1. The van der Waals surface area contributed by atoms with Crippen LogP contribution < -0.4 is 4.74 Å². The van der Waals surface area contributed by atoms with Gasteiger partial charge in [-0.25, -0.2) is 0 Å². The van der Waals surface area contributed by atoms with Gasteiger partial charge in [-0.3, -0.25) is 0 Å². The Morgan fingerprint density at radius 3 is 1.86 bits per heavy atom. The standard InChI is InChI=1S/C26H44O3/c1-6-8-10-12-14-16-18-23-28-22(17-15-13-11-9-7-2)24-21(5)25(27)19(3)20(4)26(24)29-23/h22-23,27H,6-18H2,1-5H3/t22-,23+/m1/s1. The minimum Gasteiger partial charge on any atom is -0.507 e. The number of rotatable bonds is 13. The van der Waals surface area contributed by atoms with Gasteiger partial charge >= 0.3 is 0 Å². The molecule has 29 heavy (non-hydrogen) atoms. The zero-order chi connectivity index (χ0) is 21.2. The van der Waals surface area contributed by atoms with Crippen molar-refractivity contribution in [2.24, 2.45) is 0 Å². The second-order valence-electron chi connectivity index (χ2n) is 8.90. The zero-order valence-corrected chi connectivity index (χ0v) is 19.6. The van der Waals surface area contributed by atoms with Gasteiger partial charge in [-0.1, -0.05) is 78.1 Å². The van der Waals surface area contributed by atoms with Crippen LogP contribution in [0.1, 0.15) is 126 Å². The highest BCUT2D eigenvalue weighted by atomic mass is 16.7. The van der Waals surface area contributed by atoms with Crippen LogP contribution in [-0.4, -0.2) is 11.4 Å². The summed E-state index contributed by atoms with van der Waals surface area (Å²) in [5, 5.41) is 10.6. The minimum atomic E-state index is -0.156. The van der Waals surface area contributed by atoms with E-state index in [0.717, 1.165) is 47.3 Å². The largest absolute Gasteiger partial charge is 0.507 e. The molecular formula is C26H44O3. The van der Waals surface area contributed by atoms with Gasteiger partial charge in [0.05, 0.1) is 6.10 Å². The lowest BCUT2D eigenvalue weighted by atomic mass is 9.91. The summed E-state index contributed by atoms with van der Waals surface area (Å²) in [4.78, 5) is 0. The maximum atomic E-state index is 10.6. The molecule has 0 amide bonds. The predicted octanol–water partition coefficient (Wildman–Crippen LogP) is 8.20. The lowest BCUT2D eigenvalue weighted by molar-refractivity contribution is -0.147. The Morgan fingerprint density at radius 2 is 1.24 bits per heavy atom. The Morgan fingerprint density at radius 1 is 0.690 bits per heavy atom. The summed E-state index contributed by atoms with van der Waals surface area (Å²) in [6, 6.07) is 0. The number of fused-ring (bicyclic) bond motifs is 1. The van der Waals surface area contributed by atoms with Crippen molar-refractivity contribution in [2.45, 2.75) is 130 Å². The van der Waals surface area contributed by atoms with Crippen molar-refractivity contribution in [1.82, 2.24) is 0 Å². The van der Waals surface area contributed by atoms with E-state index in [-0.39, 0.29) is 12.4 Å². The summed E-state index contributed by atoms with van der Waals surface area (Å²) < 4.78 is 12.8. The fraction of sp³-hybridized carbons (Fsp3) is 0.769. The molecule has 0 bridgehead atoms. The van der Waals surface area contributed by atoms with E-state index >= 15 is 0 Å². The number of phenolic OH excluding ortho intramolecular Hbond substituents is 1. The van der Waals surface area contributed by atoms with Crippen LogP contribution in [0.5, 0.6) is 11.5 Å². The number of ether oxygens (including phenoxy) is 2. The van der Waals surface area contributed by atoms with E-state index in [1.807, 2.05) is 13.8 Å². The number of hydrogen-bond donors (Lipinski definition) is 1. The highest BCUT2D eigenvalue weighted by Crippen LogP contribution is 2.46. The van der Waals surface area contributed by atoms with Crippen molar-refractivity contribution >= 4 is 0 Å². The Balaban J connectivity index is 2.06. The van der Waals surface area contributed by atoms with Crippen molar-refractivity contribution < 1.29 is 14.6 Å². The number of phenols is 1. The quantitative estimate of drug-likeness (QED) is 0.337. The molecule has 1 aromatic rings. The molecule has 1 aliphatic rings. The average Bonchev–Trinajstić information content (AvgIpc) is 2.72. The summed E-state index contributed by atoms with van der Waals surface area (Å²) in [6.45, 7) is 10.6. The molecule has 0 saturated heterocycles. The molecule has 2 atom stereocenters. The van der Waals surface area contributed by atoms with Crippen LogP contribution in [0.25, 0.3) is 0 Å². The highest BCUT2D eigenvalue weighted by Gasteiger charge is 2.33. The van der Waals surface area contributed by atoms with Gasteiger partial charge in [-0.2, -0.15) is 0 Å². The third-order valence-electron chi connectivity index (χ3n) is 6.51. The van der Waals surface area contributed by atoms with E-state index in [1.54, 1.807) is 0 Å². The average molecular weight is 405 g/mol. The molecule has 1 aliphatic heterocycles. The molecule has 0 radical (unpaired) electrons. The molecule has 3 heteroatoms. The molecule has 0 aromatic heterocycles. The lowest BCUT2D eigenvalue weighted by Gasteiger charge is -2.36. The Bertz CT molecular complexity index is 623. The van der Waals surface area contributed by atoms with Gasteiger partial charge in [0.2, 0.25) is 6.29 Å². The predicted molar refractivity (Wildman–Crippen MR) is 122 cm³/mol. The van der Waals surface area contributed by atoms with Crippen LogP contribution in [0.4, 0.5) is 0 Å². The molecule has 1 N–H and O–H groups in total. The fourth-order valence-electron chi connectivity index (χ4n) is 4.44. The second kappa shape index (κ2) is 12.5. The van der Waals surface area contributed by atoms with Crippen LogP contribution in [0, 0.1) is 20.8 Å². The smallest absolute Gasteiger partial charge is 0.200 e. The molecule has 166 valence electrons. The van der Waals surface area contributed by atoms with Crippen molar-refractivity contribution in [3.8, 4) is 11.5 Å². The van der Waals surface area contributed by atoms with Crippen molar-refractivity contribution in [1.29, 1.82) is 0 Å². The summed E-state index contributed by atoms with van der Waals surface area (Å²) in [6.07, 6.45) is 15.8. The van der Waals surface area contributed by atoms with Crippen LogP contribution in [0.2, 0.25) is 0 Å². The van der Waals surface area contributed by atoms with Crippen LogP contribution in [0.3, 0.4) is 0 Å². The van der Waals surface area contributed by atoms with Gasteiger partial charge in [0.15, 0.2) is 0 Å². The topological polar surface area (TPSA) is 38.7 Å². The third kappa shape index (κ3) is 6.64. The van der Waals surface area contributed by atoms with Crippen LogP contribution >= 0.6 is 0 Å². The second-order valence-corrected chi connectivity index (χ2v) is 8.90. The molecule has 0 unspecified atom stereocenters. The number of benzene rings is 1. The van der Waals surface area contributed by atoms with E-state index in [2.05, 4.69) is 20.8 Å². The Kier molecular flexibility index (Phi) is 10.3. The summed E-state index contributed by atoms with van der Waals surface area (Å²) in [5.74, 6) is 1.37. The van der Waals surface area contributed by atoms with Gasteiger partial charge in [-0.15, -0.1) is 0 Å². The van der Waals surface area contributed by atoms with E-state index < -0.39 is 0 Å². The zero-order valence-electron chi connectivity index (χ0n) is 19.6. The van der Waals surface area contributed by atoms with E-state index in [9.17, 15) is 5.11 Å². The Labute approximate surface area is 179 Å².